The maximum atomic E-state index is 9.17. The van der Waals surface area contributed by atoms with Crippen molar-refractivity contribution in [1.82, 2.24) is 0 Å². The van der Waals surface area contributed by atoms with Gasteiger partial charge in [-0.25, -0.2) is 0 Å². The standard InChI is InChI=1S/C6H11IO/c7-5-3-1-2-4-6(5)8/h5-6,8H,1-4H2/t5-,6-/m0/s1. The number of rotatable bonds is 0. The van der Waals surface area contributed by atoms with Crippen LogP contribution in [0.15, 0.2) is 0 Å². The fourth-order valence-electron chi connectivity index (χ4n) is 1.07. The Balaban J connectivity index is 2.28. The van der Waals surface area contributed by atoms with Crippen molar-refractivity contribution >= 4 is 22.6 Å². The molecule has 0 radical (unpaired) electrons. The third kappa shape index (κ3) is 1.58. The van der Waals surface area contributed by atoms with Crippen LogP contribution in [0, 0.1) is 0 Å². The second-order valence-corrected chi connectivity index (χ2v) is 3.97. The van der Waals surface area contributed by atoms with Crippen molar-refractivity contribution in [1.29, 1.82) is 0 Å². The summed E-state index contributed by atoms with van der Waals surface area (Å²) in [4.78, 5) is 0. The van der Waals surface area contributed by atoms with Gasteiger partial charge < -0.3 is 5.11 Å². The average molecular weight is 226 g/mol. The maximum Gasteiger partial charge on any atom is 0.0657 e. The van der Waals surface area contributed by atoms with E-state index in [2.05, 4.69) is 22.6 Å². The molecule has 0 aliphatic heterocycles. The first kappa shape index (κ1) is 6.81. The highest BCUT2D eigenvalue weighted by atomic mass is 127. The molecule has 0 aromatic rings. The Bertz CT molecular complexity index is 64.9. The lowest BCUT2D eigenvalue weighted by Gasteiger charge is -2.21. The van der Waals surface area contributed by atoms with Gasteiger partial charge in [0.15, 0.2) is 0 Å². The van der Waals surface area contributed by atoms with E-state index in [1.165, 1.54) is 19.3 Å². The quantitative estimate of drug-likeness (QED) is 0.492. The lowest BCUT2D eigenvalue weighted by molar-refractivity contribution is 0.142. The molecule has 1 aliphatic carbocycles. The number of aliphatic hydroxyl groups excluding tert-OH is 1. The molecular weight excluding hydrogens is 215 g/mol. The summed E-state index contributed by atoms with van der Waals surface area (Å²) in [7, 11) is 0. The monoisotopic (exact) mass is 226 g/mol. The molecule has 1 saturated carbocycles. The van der Waals surface area contributed by atoms with Crippen molar-refractivity contribution in [3.63, 3.8) is 0 Å². The topological polar surface area (TPSA) is 20.2 Å². The van der Waals surface area contributed by atoms with E-state index in [9.17, 15) is 5.11 Å². The fourth-order valence-corrected chi connectivity index (χ4v) is 1.87. The summed E-state index contributed by atoms with van der Waals surface area (Å²) < 4.78 is 0.529. The number of alkyl halides is 1. The second kappa shape index (κ2) is 3.01. The first-order valence-corrected chi connectivity index (χ1v) is 4.37. The number of hydrogen-bond acceptors (Lipinski definition) is 1. The Morgan fingerprint density at radius 2 is 1.88 bits per heavy atom. The normalized spacial score (nSPS) is 39.8. The Morgan fingerprint density at radius 3 is 2.25 bits per heavy atom. The molecule has 1 N–H and O–H groups in total. The zero-order valence-electron chi connectivity index (χ0n) is 4.81. The van der Waals surface area contributed by atoms with Crippen molar-refractivity contribution < 1.29 is 5.11 Å². The summed E-state index contributed by atoms with van der Waals surface area (Å²) >= 11 is 2.33. The molecule has 0 unspecified atom stereocenters. The van der Waals surface area contributed by atoms with Gasteiger partial charge in [-0.05, 0) is 12.8 Å². The molecule has 2 heteroatoms. The predicted octanol–water partition coefficient (Wildman–Crippen LogP) is 1.72. The van der Waals surface area contributed by atoms with Crippen LogP contribution in [0.2, 0.25) is 0 Å². The van der Waals surface area contributed by atoms with Gasteiger partial charge in [-0.2, -0.15) is 0 Å². The van der Waals surface area contributed by atoms with Gasteiger partial charge in [0.2, 0.25) is 0 Å². The second-order valence-electron chi connectivity index (χ2n) is 2.37. The van der Waals surface area contributed by atoms with E-state index in [1.54, 1.807) is 0 Å². The fraction of sp³-hybridized carbons (Fsp3) is 1.00. The molecule has 0 amide bonds. The molecule has 0 spiro atoms. The van der Waals surface area contributed by atoms with Gasteiger partial charge in [0.1, 0.15) is 0 Å². The zero-order chi connectivity index (χ0) is 5.98. The van der Waals surface area contributed by atoms with Gasteiger partial charge in [-0.1, -0.05) is 35.4 Å². The van der Waals surface area contributed by atoms with Gasteiger partial charge in [-0.15, -0.1) is 0 Å². The van der Waals surface area contributed by atoms with E-state index in [4.69, 9.17) is 0 Å². The minimum Gasteiger partial charge on any atom is -0.392 e. The molecule has 1 fully saturated rings. The smallest absolute Gasteiger partial charge is 0.0657 e. The number of aliphatic hydroxyl groups is 1. The van der Waals surface area contributed by atoms with Crippen LogP contribution >= 0.6 is 22.6 Å². The molecule has 1 rings (SSSR count). The Hall–Kier alpha value is 0.690. The predicted molar refractivity (Wildman–Crippen MR) is 42.3 cm³/mol. The summed E-state index contributed by atoms with van der Waals surface area (Å²) in [5, 5.41) is 9.17. The third-order valence-electron chi connectivity index (χ3n) is 1.65. The molecule has 0 aromatic carbocycles. The molecule has 48 valence electrons. The van der Waals surface area contributed by atoms with E-state index >= 15 is 0 Å². The third-order valence-corrected chi connectivity index (χ3v) is 3.10. The van der Waals surface area contributed by atoms with Gasteiger partial charge in [0.05, 0.1) is 6.10 Å². The van der Waals surface area contributed by atoms with Crippen LogP contribution in [0.1, 0.15) is 25.7 Å². The SMILES string of the molecule is O[C@H]1CCCC[C@@H]1I. The Kier molecular flexibility index (Phi) is 2.56. The highest BCUT2D eigenvalue weighted by molar-refractivity contribution is 14.1. The average Bonchev–Trinajstić information content (AvgIpc) is 1.77. The van der Waals surface area contributed by atoms with Crippen LogP contribution in [-0.4, -0.2) is 15.1 Å². The number of halogens is 1. The largest absolute Gasteiger partial charge is 0.392 e. The summed E-state index contributed by atoms with van der Waals surface area (Å²) in [6.45, 7) is 0. The van der Waals surface area contributed by atoms with Crippen LogP contribution in [0.5, 0.6) is 0 Å². The van der Waals surface area contributed by atoms with Crippen molar-refractivity contribution in [2.75, 3.05) is 0 Å². The molecular formula is C6H11IO. The molecule has 0 heterocycles. The summed E-state index contributed by atoms with van der Waals surface area (Å²) in [5.41, 5.74) is 0. The summed E-state index contributed by atoms with van der Waals surface area (Å²) in [6, 6.07) is 0. The van der Waals surface area contributed by atoms with E-state index in [0.717, 1.165) is 6.42 Å². The van der Waals surface area contributed by atoms with Crippen molar-refractivity contribution in [2.45, 2.75) is 35.7 Å². The van der Waals surface area contributed by atoms with Crippen LogP contribution < -0.4 is 0 Å². The minimum absolute atomic E-state index is 0.00986. The Labute approximate surface area is 63.6 Å². The van der Waals surface area contributed by atoms with Crippen LogP contribution in [-0.2, 0) is 0 Å². The van der Waals surface area contributed by atoms with E-state index in [0.29, 0.717) is 3.92 Å². The van der Waals surface area contributed by atoms with Gasteiger partial charge in [0.25, 0.3) is 0 Å². The van der Waals surface area contributed by atoms with Gasteiger partial charge >= 0.3 is 0 Å². The van der Waals surface area contributed by atoms with Crippen LogP contribution in [0.3, 0.4) is 0 Å². The first-order chi connectivity index (χ1) is 3.80. The van der Waals surface area contributed by atoms with E-state index in [1.807, 2.05) is 0 Å². The Morgan fingerprint density at radius 1 is 1.25 bits per heavy atom. The highest BCUT2D eigenvalue weighted by Crippen LogP contribution is 2.24. The molecule has 0 saturated heterocycles. The van der Waals surface area contributed by atoms with Crippen molar-refractivity contribution in [3.05, 3.63) is 0 Å². The lowest BCUT2D eigenvalue weighted by atomic mass is 9.98. The van der Waals surface area contributed by atoms with E-state index < -0.39 is 0 Å². The maximum absolute atomic E-state index is 9.17. The van der Waals surface area contributed by atoms with E-state index in [-0.39, 0.29) is 6.10 Å². The van der Waals surface area contributed by atoms with Gasteiger partial charge in [-0.3, -0.25) is 0 Å². The van der Waals surface area contributed by atoms with Crippen molar-refractivity contribution in [2.24, 2.45) is 0 Å². The molecule has 2 atom stereocenters. The summed E-state index contributed by atoms with van der Waals surface area (Å²) in [6.07, 6.45) is 4.75. The molecule has 0 bridgehead atoms. The zero-order valence-corrected chi connectivity index (χ0v) is 6.97. The van der Waals surface area contributed by atoms with Crippen LogP contribution in [0.25, 0.3) is 0 Å². The molecule has 0 aromatic heterocycles. The number of hydrogen-bond donors (Lipinski definition) is 1. The van der Waals surface area contributed by atoms with Crippen molar-refractivity contribution in [3.8, 4) is 0 Å². The molecule has 8 heavy (non-hydrogen) atoms. The first-order valence-electron chi connectivity index (χ1n) is 3.13. The lowest BCUT2D eigenvalue weighted by Crippen LogP contribution is -2.23. The minimum atomic E-state index is -0.00986. The molecule has 1 nitrogen and oxygen atoms in total. The van der Waals surface area contributed by atoms with Crippen LogP contribution in [0.4, 0.5) is 0 Å². The summed E-state index contributed by atoms with van der Waals surface area (Å²) in [5.74, 6) is 0. The van der Waals surface area contributed by atoms with Gasteiger partial charge in [0, 0.05) is 3.92 Å². The highest BCUT2D eigenvalue weighted by Gasteiger charge is 2.18. The molecule has 1 aliphatic rings.